The summed E-state index contributed by atoms with van der Waals surface area (Å²) in [5.74, 6) is 5.70. The Morgan fingerprint density at radius 3 is 2.89 bits per heavy atom. The third-order valence-corrected chi connectivity index (χ3v) is 4.47. The molecular weight excluding hydrogens is 339 g/mol. The highest BCUT2D eigenvalue weighted by molar-refractivity contribution is 14.1. The molecule has 0 bridgehead atoms. The van der Waals surface area contributed by atoms with E-state index in [1.807, 2.05) is 24.1 Å². The summed E-state index contributed by atoms with van der Waals surface area (Å²) in [6, 6.07) is 6.42. The molecule has 1 heterocycles. The standard InChI is InChI=1S/C13H17IN4/c1-9-4-3-5-11(13(9)14)12(17-15)6-10-7-16-18(2)8-10/h3-5,7-8,12,17H,6,15H2,1-2H3. The molecule has 1 aromatic carbocycles. The molecule has 1 atom stereocenters. The first-order chi connectivity index (χ1) is 8.61. The lowest BCUT2D eigenvalue weighted by atomic mass is 10.00. The first-order valence-corrected chi connectivity index (χ1v) is 6.88. The number of aryl methyl sites for hydroxylation is 2. The van der Waals surface area contributed by atoms with Crippen molar-refractivity contribution in [3.63, 3.8) is 0 Å². The van der Waals surface area contributed by atoms with Crippen LogP contribution in [-0.4, -0.2) is 9.78 Å². The molecule has 0 saturated heterocycles. The van der Waals surface area contributed by atoms with Gasteiger partial charge in [-0.1, -0.05) is 18.2 Å². The third kappa shape index (κ3) is 2.90. The van der Waals surface area contributed by atoms with E-state index < -0.39 is 0 Å². The smallest absolute Gasteiger partial charge is 0.0522 e. The van der Waals surface area contributed by atoms with E-state index in [9.17, 15) is 0 Å². The number of hydrogen-bond donors (Lipinski definition) is 2. The molecule has 4 nitrogen and oxygen atoms in total. The highest BCUT2D eigenvalue weighted by Crippen LogP contribution is 2.25. The Morgan fingerprint density at radius 2 is 2.28 bits per heavy atom. The minimum Gasteiger partial charge on any atom is -0.276 e. The fourth-order valence-corrected chi connectivity index (χ4v) is 2.75. The second kappa shape index (κ2) is 5.81. The average Bonchev–Trinajstić information content (AvgIpc) is 2.76. The lowest BCUT2D eigenvalue weighted by Gasteiger charge is -2.18. The summed E-state index contributed by atoms with van der Waals surface area (Å²) in [6.07, 6.45) is 4.74. The minimum absolute atomic E-state index is 0.112. The van der Waals surface area contributed by atoms with Crippen LogP contribution in [0.3, 0.4) is 0 Å². The van der Waals surface area contributed by atoms with Gasteiger partial charge in [0.15, 0.2) is 0 Å². The van der Waals surface area contributed by atoms with Crippen LogP contribution in [-0.2, 0) is 13.5 Å². The van der Waals surface area contributed by atoms with Crippen LogP contribution >= 0.6 is 22.6 Å². The monoisotopic (exact) mass is 356 g/mol. The average molecular weight is 356 g/mol. The second-order valence-corrected chi connectivity index (χ2v) is 5.50. The van der Waals surface area contributed by atoms with E-state index in [0.717, 1.165) is 6.42 Å². The van der Waals surface area contributed by atoms with E-state index in [2.05, 4.69) is 58.2 Å². The maximum atomic E-state index is 5.70. The van der Waals surface area contributed by atoms with Gasteiger partial charge in [-0.25, -0.2) is 0 Å². The zero-order chi connectivity index (χ0) is 13.1. The number of hydrogen-bond acceptors (Lipinski definition) is 3. The molecule has 3 N–H and O–H groups in total. The summed E-state index contributed by atoms with van der Waals surface area (Å²) in [6.45, 7) is 2.11. The van der Waals surface area contributed by atoms with Gasteiger partial charge in [-0.3, -0.25) is 16.0 Å². The fourth-order valence-electron chi connectivity index (χ4n) is 2.01. The number of nitrogens with zero attached hydrogens (tertiary/aromatic N) is 2. The van der Waals surface area contributed by atoms with E-state index in [1.54, 1.807) is 0 Å². The normalized spacial score (nSPS) is 12.7. The van der Waals surface area contributed by atoms with Gasteiger partial charge >= 0.3 is 0 Å². The van der Waals surface area contributed by atoms with Gasteiger partial charge in [0.05, 0.1) is 12.2 Å². The van der Waals surface area contributed by atoms with E-state index >= 15 is 0 Å². The predicted molar refractivity (Wildman–Crippen MR) is 80.9 cm³/mol. The molecule has 5 heteroatoms. The molecule has 1 unspecified atom stereocenters. The largest absolute Gasteiger partial charge is 0.276 e. The number of hydrazine groups is 1. The van der Waals surface area contributed by atoms with Crippen molar-refractivity contribution in [2.24, 2.45) is 12.9 Å². The zero-order valence-corrected chi connectivity index (χ0v) is 12.7. The van der Waals surface area contributed by atoms with Crippen LogP contribution in [0.2, 0.25) is 0 Å². The van der Waals surface area contributed by atoms with Gasteiger partial charge in [-0.15, -0.1) is 0 Å². The van der Waals surface area contributed by atoms with Crippen molar-refractivity contribution in [1.82, 2.24) is 15.2 Å². The summed E-state index contributed by atoms with van der Waals surface area (Å²) in [7, 11) is 1.92. The zero-order valence-electron chi connectivity index (χ0n) is 10.5. The molecule has 0 aliphatic rings. The maximum absolute atomic E-state index is 5.70. The van der Waals surface area contributed by atoms with Crippen LogP contribution in [0.15, 0.2) is 30.6 Å². The molecule has 0 spiro atoms. The molecule has 0 saturated carbocycles. The summed E-state index contributed by atoms with van der Waals surface area (Å²) in [5.41, 5.74) is 6.60. The fraction of sp³-hybridized carbons (Fsp3) is 0.308. The number of aromatic nitrogens is 2. The highest BCUT2D eigenvalue weighted by Gasteiger charge is 2.15. The van der Waals surface area contributed by atoms with Crippen LogP contribution in [0.4, 0.5) is 0 Å². The van der Waals surface area contributed by atoms with Gasteiger partial charge in [0.2, 0.25) is 0 Å². The molecule has 2 rings (SSSR count). The molecular formula is C13H17IN4. The van der Waals surface area contributed by atoms with Crippen molar-refractivity contribution in [2.45, 2.75) is 19.4 Å². The Kier molecular flexibility index (Phi) is 4.36. The number of halogens is 1. The van der Waals surface area contributed by atoms with Crippen molar-refractivity contribution in [3.05, 3.63) is 50.9 Å². The Bertz CT molecular complexity index is 536. The Balaban J connectivity index is 2.25. The van der Waals surface area contributed by atoms with Gasteiger partial charge < -0.3 is 0 Å². The summed E-state index contributed by atoms with van der Waals surface area (Å²) >= 11 is 2.38. The Morgan fingerprint density at radius 1 is 1.50 bits per heavy atom. The topological polar surface area (TPSA) is 55.9 Å². The van der Waals surface area contributed by atoms with Gasteiger partial charge in [0.1, 0.15) is 0 Å². The molecule has 96 valence electrons. The third-order valence-electron chi connectivity index (χ3n) is 3.00. The van der Waals surface area contributed by atoms with Crippen molar-refractivity contribution >= 4 is 22.6 Å². The Hall–Kier alpha value is -0.920. The Labute approximate surface area is 121 Å². The summed E-state index contributed by atoms with van der Waals surface area (Å²) < 4.78 is 3.08. The van der Waals surface area contributed by atoms with Crippen LogP contribution < -0.4 is 11.3 Å². The van der Waals surface area contributed by atoms with Crippen molar-refractivity contribution in [1.29, 1.82) is 0 Å². The summed E-state index contributed by atoms with van der Waals surface area (Å²) in [5, 5.41) is 4.18. The number of rotatable bonds is 4. The van der Waals surface area contributed by atoms with Crippen LogP contribution in [0.25, 0.3) is 0 Å². The van der Waals surface area contributed by atoms with E-state index in [1.165, 1.54) is 20.3 Å². The van der Waals surface area contributed by atoms with Gasteiger partial charge in [-0.2, -0.15) is 5.10 Å². The molecule has 0 fully saturated rings. The maximum Gasteiger partial charge on any atom is 0.0522 e. The summed E-state index contributed by atoms with van der Waals surface area (Å²) in [4.78, 5) is 0. The SMILES string of the molecule is Cc1cccc(C(Cc2cnn(C)c2)NN)c1I. The van der Waals surface area contributed by atoms with Crippen molar-refractivity contribution < 1.29 is 0 Å². The number of benzene rings is 1. The second-order valence-electron chi connectivity index (χ2n) is 4.42. The minimum atomic E-state index is 0.112. The van der Waals surface area contributed by atoms with Crippen molar-refractivity contribution in [2.75, 3.05) is 0 Å². The van der Waals surface area contributed by atoms with E-state index in [0.29, 0.717) is 0 Å². The van der Waals surface area contributed by atoms with Crippen LogP contribution in [0.1, 0.15) is 22.7 Å². The van der Waals surface area contributed by atoms with E-state index in [4.69, 9.17) is 5.84 Å². The predicted octanol–water partition coefficient (Wildman–Crippen LogP) is 2.08. The molecule has 0 aliphatic carbocycles. The molecule has 0 radical (unpaired) electrons. The highest BCUT2D eigenvalue weighted by atomic mass is 127. The van der Waals surface area contributed by atoms with Crippen LogP contribution in [0.5, 0.6) is 0 Å². The molecule has 18 heavy (non-hydrogen) atoms. The molecule has 2 aromatic rings. The first-order valence-electron chi connectivity index (χ1n) is 5.80. The van der Waals surface area contributed by atoms with Crippen molar-refractivity contribution in [3.8, 4) is 0 Å². The van der Waals surface area contributed by atoms with Gasteiger partial charge in [0, 0.05) is 16.8 Å². The molecule has 1 aromatic heterocycles. The van der Waals surface area contributed by atoms with Crippen LogP contribution in [0, 0.1) is 10.5 Å². The lowest BCUT2D eigenvalue weighted by molar-refractivity contribution is 0.549. The molecule has 0 amide bonds. The number of nitrogens with one attached hydrogen (secondary N) is 1. The lowest BCUT2D eigenvalue weighted by Crippen LogP contribution is -2.30. The first kappa shape index (κ1) is 13.5. The van der Waals surface area contributed by atoms with Gasteiger partial charge in [-0.05, 0) is 52.6 Å². The quantitative estimate of drug-likeness (QED) is 0.501. The van der Waals surface area contributed by atoms with Gasteiger partial charge in [0.25, 0.3) is 0 Å². The number of nitrogens with two attached hydrogens (primary N) is 1. The van der Waals surface area contributed by atoms with E-state index in [-0.39, 0.29) is 6.04 Å². The molecule has 0 aliphatic heterocycles.